The van der Waals surface area contributed by atoms with Gasteiger partial charge in [0.2, 0.25) is 0 Å². The van der Waals surface area contributed by atoms with E-state index in [1.54, 1.807) is 39.8 Å². The number of aliphatic carboxylic acids is 2. The quantitative estimate of drug-likeness (QED) is 0.336. The molecule has 0 unspecified atom stereocenters. The SMILES string of the molecule is CC(C)(CCCCCc1ccc(O)c(CCCCC(C)(C)C(=O)O)c1O)C(=O)O. The third kappa shape index (κ3) is 7.59. The van der Waals surface area contributed by atoms with E-state index in [2.05, 4.69) is 0 Å². The number of carboxylic acids is 2. The van der Waals surface area contributed by atoms with E-state index in [0.717, 1.165) is 24.8 Å². The lowest BCUT2D eigenvalue weighted by molar-refractivity contribution is -0.148. The number of rotatable bonds is 13. The first-order valence-corrected chi connectivity index (χ1v) is 10.4. The average Bonchev–Trinajstić information content (AvgIpc) is 2.62. The fourth-order valence-electron chi connectivity index (χ4n) is 3.26. The van der Waals surface area contributed by atoms with Gasteiger partial charge in [-0.1, -0.05) is 25.3 Å². The standard InChI is InChI=1S/C23H36O6/c1-22(2,20(26)27)14-8-5-6-10-16-12-13-18(24)17(19(16)25)11-7-9-15-23(3,4)21(28)29/h12-13,24-25H,5-11,14-15H2,1-4H3,(H,26,27)(H,28,29). The summed E-state index contributed by atoms with van der Waals surface area (Å²) in [5.74, 6) is -1.43. The number of phenolic OH excluding ortho intramolecular Hbond substituents is 2. The normalized spacial score (nSPS) is 12.1. The van der Waals surface area contributed by atoms with Crippen LogP contribution in [0.3, 0.4) is 0 Å². The molecule has 0 aromatic heterocycles. The maximum absolute atomic E-state index is 11.2. The zero-order valence-corrected chi connectivity index (χ0v) is 18.1. The smallest absolute Gasteiger partial charge is 0.309 e. The van der Waals surface area contributed by atoms with E-state index in [9.17, 15) is 19.8 Å². The Labute approximate surface area is 173 Å². The molecule has 4 N–H and O–H groups in total. The lowest BCUT2D eigenvalue weighted by atomic mass is 9.86. The van der Waals surface area contributed by atoms with Crippen molar-refractivity contribution >= 4 is 11.9 Å². The molecule has 29 heavy (non-hydrogen) atoms. The maximum atomic E-state index is 11.2. The van der Waals surface area contributed by atoms with Gasteiger partial charge in [0.25, 0.3) is 0 Å². The van der Waals surface area contributed by atoms with E-state index >= 15 is 0 Å². The van der Waals surface area contributed by atoms with Gasteiger partial charge in [-0.25, -0.2) is 0 Å². The number of hydrogen-bond acceptors (Lipinski definition) is 4. The molecule has 0 saturated carbocycles. The second-order valence-corrected chi connectivity index (χ2v) is 9.22. The fraction of sp³-hybridized carbons (Fsp3) is 0.652. The molecule has 0 heterocycles. The topological polar surface area (TPSA) is 115 Å². The third-order valence-electron chi connectivity index (χ3n) is 5.73. The summed E-state index contributed by atoms with van der Waals surface area (Å²) in [7, 11) is 0. The summed E-state index contributed by atoms with van der Waals surface area (Å²) in [4.78, 5) is 22.3. The van der Waals surface area contributed by atoms with Crippen LogP contribution >= 0.6 is 0 Å². The summed E-state index contributed by atoms with van der Waals surface area (Å²) in [6.07, 6.45) is 6.21. The van der Waals surface area contributed by atoms with Gasteiger partial charge in [-0.05, 0) is 77.8 Å². The Hall–Kier alpha value is -2.24. The summed E-state index contributed by atoms with van der Waals surface area (Å²) < 4.78 is 0. The summed E-state index contributed by atoms with van der Waals surface area (Å²) in [5, 5.41) is 39.0. The zero-order chi connectivity index (χ0) is 22.2. The van der Waals surface area contributed by atoms with Gasteiger partial charge in [0.05, 0.1) is 10.8 Å². The predicted octanol–water partition coefficient (Wildman–Crippen LogP) is 5.14. The van der Waals surface area contributed by atoms with Gasteiger partial charge in [0.1, 0.15) is 11.5 Å². The van der Waals surface area contributed by atoms with Gasteiger partial charge in [-0.15, -0.1) is 0 Å². The molecule has 0 spiro atoms. The first-order chi connectivity index (χ1) is 13.4. The van der Waals surface area contributed by atoms with Gasteiger partial charge >= 0.3 is 11.9 Å². The van der Waals surface area contributed by atoms with Crippen molar-refractivity contribution in [3.63, 3.8) is 0 Å². The molecule has 0 saturated heterocycles. The van der Waals surface area contributed by atoms with Gasteiger partial charge < -0.3 is 20.4 Å². The first-order valence-electron chi connectivity index (χ1n) is 10.4. The van der Waals surface area contributed by atoms with Crippen LogP contribution in [-0.2, 0) is 22.4 Å². The Balaban J connectivity index is 2.54. The molecule has 0 aliphatic carbocycles. The molecule has 0 bridgehead atoms. The van der Waals surface area contributed by atoms with Crippen LogP contribution in [0.5, 0.6) is 11.5 Å². The van der Waals surface area contributed by atoms with Crippen molar-refractivity contribution in [1.82, 2.24) is 0 Å². The predicted molar refractivity (Wildman–Crippen MR) is 112 cm³/mol. The minimum Gasteiger partial charge on any atom is -0.508 e. The van der Waals surface area contributed by atoms with Crippen molar-refractivity contribution in [1.29, 1.82) is 0 Å². The number of hydrogen-bond donors (Lipinski definition) is 4. The first kappa shape index (κ1) is 24.8. The number of benzene rings is 1. The van der Waals surface area contributed by atoms with E-state index in [0.29, 0.717) is 44.1 Å². The van der Waals surface area contributed by atoms with Crippen molar-refractivity contribution in [3.8, 4) is 11.5 Å². The van der Waals surface area contributed by atoms with E-state index in [4.69, 9.17) is 10.2 Å². The molecule has 1 rings (SSSR count). The van der Waals surface area contributed by atoms with E-state index in [1.165, 1.54) is 0 Å². The second kappa shape index (κ2) is 10.5. The molecule has 0 aliphatic rings. The molecule has 0 fully saturated rings. The molecule has 0 atom stereocenters. The Morgan fingerprint density at radius 3 is 1.76 bits per heavy atom. The summed E-state index contributed by atoms with van der Waals surface area (Å²) >= 11 is 0. The second-order valence-electron chi connectivity index (χ2n) is 9.22. The number of carboxylic acid groups (broad SMARTS) is 2. The number of aromatic hydroxyl groups is 2. The summed E-state index contributed by atoms with van der Waals surface area (Å²) in [5.41, 5.74) is -0.201. The summed E-state index contributed by atoms with van der Waals surface area (Å²) in [6, 6.07) is 3.32. The lowest BCUT2D eigenvalue weighted by Gasteiger charge is -2.19. The average molecular weight is 409 g/mol. The number of unbranched alkanes of at least 4 members (excludes halogenated alkanes) is 3. The van der Waals surface area contributed by atoms with Gasteiger partial charge in [-0.2, -0.15) is 0 Å². The largest absolute Gasteiger partial charge is 0.508 e. The molecule has 0 radical (unpaired) electrons. The Morgan fingerprint density at radius 2 is 1.24 bits per heavy atom. The molecule has 6 heteroatoms. The molecule has 164 valence electrons. The number of aryl methyl sites for hydroxylation is 1. The molecular weight excluding hydrogens is 372 g/mol. The molecule has 1 aromatic rings. The van der Waals surface area contributed by atoms with Crippen LogP contribution in [0.15, 0.2) is 12.1 Å². The zero-order valence-electron chi connectivity index (χ0n) is 18.1. The van der Waals surface area contributed by atoms with Crippen LogP contribution in [0.25, 0.3) is 0 Å². The van der Waals surface area contributed by atoms with Crippen LogP contribution < -0.4 is 0 Å². The van der Waals surface area contributed by atoms with E-state index < -0.39 is 22.8 Å². The highest BCUT2D eigenvalue weighted by Crippen LogP contribution is 2.34. The molecular formula is C23H36O6. The monoisotopic (exact) mass is 408 g/mol. The highest BCUT2D eigenvalue weighted by atomic mass is 16.4. The number of carbonyl (C=O) groups is 2. The lowest BCUT2D eigenvalue weighted by Crippen LogP contribution is -2.23. The van der Waals surface area contributed by atoms with Gasteiger partial charge in [0.15, 0.2) is 0 Å². The van der Waals surface area contributed by atoms with Crippen LogP contribution in [0.4, 0.5) is 0 Å². The van der Waals surface area contributed by atoms with Crippen LogP contribution in [-0.4, -0.2) is 32.4 Å². The number of phenols is 2. The molecule has 0 aliphatic heterocycles. The van der Waals surface area contributed by atoms with E-state index in [-0.39, 0.29) is 11.5 Å². The van der Waals surface area contributed by atoms with Crippen LogP contribution in [0.1, 0.15) is 83.8 Å². The molecule has 0 amide bonds. The van der Waals surface area contributed by atoms with E-state index in [1.807, 2.05) is 0 Å². The highest BCUT2D eigenvalue weighted by molar-refractivity contribution is 5.73. The van der Waals surface area contributed by atoms with Crippen LogP contribution in [0.2, 0.25) is 0 Å². The minimum absolute atomic E-state index is 0.0620. The van der Waals surface area contributed by atoms with Crippen molar-refractivity contribution in [2.45, 2.75) is 85.5 Å². The maximum Gasteiger partial charge on any atom is 0.309 e. The molecule has 1 aromatic carbocycles. The van der Waals surface area contributed by atoms with Crippen molar-refractivity contribution in [2.24, 2.45) is 10.8 Å². The van der Waals surface area contributed by atoms with Crippen LogP contribution in [0, 0.1) is 10.8 Å². The molecule has 6 nitrogen and oxygen atoms in total. The van der Waals surface area contributed by atoms with Gasteiger partial charge in [0, 0.05) is 5.56 Å². The Bertz CT molecular complexity index is 706. The highest BCUT2D eigenvalue weighted by Gasteiger charge is 2.27. The summed E-state index contributed by atoms with van der Waals surface area (Å²) in [6.45, 7) is 6.85. The Morgan fingerprint density at radius 1 is 0.759 bits per heavy atom. The minimum atomic E-state index is -0.822. The van der Waals surface area contributed by atoms with Crippen molar-refractivity contribution in [3.05, 3.63) is 23.3 Å². The van der Waals surface area contributed by atoms with Crippen molar-refractivity contribution < 1.29 is 30.0 Å². The van der Waals surface area contributed by atoms with Gasteiger partial charge in [-0.3, -0.25) is 9.59 Å². The third-order valence-corrected chi connectivity index (χ3v) is 5.73. The fourth-order valence-corrected chi connectivity index (χ4v) is 3.26. The van der Waals surface area contributed by atoms with Crippen molar-refractivity contribution in [2.75, 3.05) is 0 Å². The Kier molecular flexibility index (Phi) is 8.99.